The highest BCUT2D eigenvalue weighted by Crippen LogP contribution is 2.28. The van der Waals surface area contributed by atoms with Gasteiger partial charge in [-0.1, -0.05) is 6.07 Å². The number of aromatic nitrogens is 2. The number of sulfonamides is 1. The molecule has 1 aromatic heterocycles. The molecule has 0 bridgehead atoms. The van der Waals surface area contributed by atoms with Crippen molar-refractivity contribution in [2.75, 3.05) is 19.6 Å². The maximum absolute atomic E-state index is 13.1. The van der Waals surface area contributed by atoms with E-state index in [1.807, 2.05) is 0 Å². The maximum Gasteiger partial charge on any atom is 0.245 e. The van der Waals surface area contributed by atoms with Crippen LogP contribution in [0.15, 0.2) is 23.1 Å². The average molecular weight is 424 g/mol. The highest BCUT2D eigenvalue weighted by molar-refractivity contribution is 7.89. The number of amides is 2. The first-order valence-corrected chi connectivity index (χ1v) is 11.4. The van der Waals surface area contributed by atoms with E-state index in [1.165, 1.54) is 10.4 Å². The molecule has 28 heavy (non-hydrogen) atoms. The molecule has 2 aromatic rings. The minimum atomic E-state index is -3.79. The summed E-state index contributed by atoms with van der Waals surface area (Å²) in [6.45, 7) is 0.358. The van der Waals surface area contributed by atoms with Crippen molar-refractivity contribution in [3.8, 4) is 0 Å². The number of hydrogen-bond acceptors (Lipinski definition) is 7. The van der Waals surface area contributed by atoms with Crippen LogP contribution in [0.4, 0.5) is 0 Å². The van der Waals surface area contributed by atoms with E-state index in [9.17, 15) is 18.0 Å². The fraction of sp³-hybridized carbons (Fsp3) is 0.529. The van der Waals surface area contributed by atoms with Gasteiger partial charge in [0.05, 0.1) is 24.2 Å². The van der Waals surface area contributed by atoms with Gasteiger partial charge in [-0.3, -0.25) is 9.59 Å². The fourth-order valence-corrected chi connectivity index (χ4v) is 5.60. The van der Waals surface area contributed by atoms with Crippen molar-refractivity contribution < 1.29 is 18.0 Å². The molecule has 1 saturated carbocycles. The smallest absolute Gasteiger partial charge is 0.245 e. The monoisotopic (exact) mass is 423 g/mol. The number of benzene rings is 1. The Bertz CT molecular complexity index is 1000. The molecule has 1 aliphatic heterocycles. The second-order valence-corrected chi connectivity index (χ2v) is 9.58. The van der Waals surface area contributed by atoms with Gasteiger partial charge in [0.2, 0.25) is 21.8 Å². The van der Waals surface area contributed by atoms with Gasteiger partial charge in [-0.25, -0.2) is 8.42 Å². The second-order valence-electron chi connectivity index (χ2n) is 7.15. The summed E-state index contributed by atoms with van der Waals surface area (Å²) in [4.78, 5) is 24.3. The van der Waals surface area contributed by atoms with E-state index >= 15 is 0 Å². The standard InChI is InChI=1S/C17H21N5O4S2/c23-15(19-12-6-7-12)9-18-17(24)11-3-2-8-22(10-11)28(25,26)14-5-1-4-13-16(14)21-27-20-13/h1,4-5,11-12H,2-3,6-10H2,(H,18,24)(H,19,23)/t11-/m0/s1. The highest BCUT2D eigenvalue weighted by atomic mass is 32.2. The zero-order valence-corrected chi connectivity index (χ0v) is 16.8. The molecule has 1 atom stereocenters. The van der Waals surface area contributed by atoms with Crippen molar-refractivity contribution in [2.45, 2.75) is 36.6 Å². The highest BCUT2D eigenvalue weighted by Gasteiger charge is 2.35. The molecule has 2 heterocycles. The Kier molecular flexibility index (Phi) is 5.30. The largest absolute Gasteiger partial charge is 0.352 e. The number of nitrogens with one attached hydrogen (secondary N) is 2. The number of rotatable bonds is 6. The molecule has 9 nitrogen and oxygen atoms in total. The van der Waals surface area contributed by atoms with Crippen LogP contribution in [0.25, 0.3) is 11.0 Å². The number of piperidine rings is 1. The van der Waals surface area contributed by atoms with Gasteiger partial charge < -0.3 is 10.6 Å². The summed E-state index contributed by atoms with van der Waals surface area (Å²) >= 11 is 0.968. The molecule has 0 unspecified atom stereocenters. The lowest BCUT2D eigenvalue weighted by Gasteiger charge is -2.31. The predicted octanol–water partition coefficient (Wildman–Crippen LogP) is 0.487. The second kappa shape index (κ2) is 7.72. The Morgan fingerprint density at radius 3 is 2.82 bits per heavy atom. The number of hydrogen-bond donors (Lipinski definition) is 2. The minimum Gasteiger partial charge on any atom is -0.352 e. The molecule has 2 fully saturated rings. The normalized spacial score (nSPS) is 20.8. The molecule has 4 rings (SSSR count). The first kappa shape index (κ1) is 19.2. The van der Waals surface area contributed by atoms with Crippen LogP contribution in [-0.4, -0.2) is 59.0 Å². The van der Waals surface area contributed by atoms with Crippen LogP contribution in [0.1, 0.15) is 25.7 Å². The summed E-state index contributed by atoms with van der Waals surface area (Å²) < 4.78 is 35.8. The van der Waals surface area contributed by atoms with Crippen molar-refractivity contribution in [3.63, 3.8) is 0 Å². The SMILES string of the molecule is O=C(CNC(=O)[C@H]1CCCN(S(=O)(=O)c2cccc3nsnc23)C1)NC1CC1. The van der Waals surface area contributed by atoms with E-state index in [0.29, 0.717) is 30.4 Å². The van der Waals surface area contributed by atoms with Gasteiger partial charge in [0, 0.05) is 19.1 Å². The molecular weight excluding hydrogens is 402 g/mol. The molecule has 11 heteroatoms. The van der Waals surface area contributed by atoms with Gasteiger partial charge >= 0.3 is 0 Å². The van der Waals surface area contributed by atoms with Gasteiger partial charge in [-0.2, -0.15) is 13.1 Å². The van der Waals surface area contributed by atoms with E-state index in [4.69, 9.17) is 0 Å². The number of carbonyl (C=O) groups excluding carboxylic acids is 2. The van der Waals surface area contributed by atoms with Crippen LogP contribution < -0.4 is 10.6 Å². The van der Waals surface area contributed by atoms with Crippen LogP contribution in [0.3, 0.4) is 0 Å². The summed E-state index contributed by atoms with van der Waals surface area (Å²) in [5.41, 5.74) is 0.898. The van der Waals surface area contributed by atoms with Crippen molar-refractivity contribution in [1.29, 1.82) is 0 Å². The molecule has 0 spiro atoms. The zero-order valence-electron chi connectivity index (χ0n) is 15.1. The molecule has 2 amide bonds. The van der Waals surface area contributed by atoms with Crippen LogP contribution >= 0.6 is 11.7 Å². The van der Waals surface area contributed by atoms with Crippen LogP contribution in [-0.2, 0) is 19.6 Å². The summed E-state index contributed by atoms with van der Waals surface area (Å²) in [6, 6.07) is 5.12. The topological polar surface area (TPSA) is 121 Å². The van der Waals surface area contributed by atoms with Gasteiger partial charge in [0.25, 0.3) is 0 Å². The van der Waals surface area contributed by atoms with Crippen LogP contribution in [0.5, 0.6) is 0 Å². The molecule has 1 aromatic carbocycles. The maximum atomic E-state index is 13.1. The quantitative estimate of drug-likeness (QED) is 0.697. The first-order valence-electron chi connectivity index (χ1n) is 9.23. The zero-order chi connectivity index (χ0) is 19.7. The van der Waals surface area contributed by atoms with Crippen molar-refractivity contribution in [3.05, 3.63) is 18.2 Å². The lowest BCUT2D eigenvalue weighted by molar-refractivity contribution is -0.129. The third kappa shape index (κ3) is 4.01. The molecular formula is C17H21N5O4S2. The number of fused-ring (bicyclic) bond motifs is 1. The summed E-state index contributed by atoms with van der Waals surface area (Å²) in [6.07, 6.45) is 3.13. The van der Waals surface area contributed by atoms with Crippen molar-refractivity contribution in [1.82, 2.24) is 23.7 Å². The van der Waals surface area contributed by atoms with Gasteiger partial charge in [-0.05, 0) is 37.8 Å². The minimum absolute atomic E-state index is 0.0810. The third-order valence-electron chi connectivity index (χ3n) is 4.99. The molecule has 150 valence electrons. The average Bonchev–Trinajstić information content (AvgIpc) is 3.37. The predicted molar refractivity (Wildman–Crippen MR) is 103 cm³/mol. The Morgan fingerprint density at radius 2 is 2.04 bits per heavy atom. The summed E-state index contributed by atoms with van der Waals surface area (Å²) in [5.74, 6) is -0.983. The Balaban J connectivity index is 1.43. The Morgan fingerprint density at radius 1 is 1.21 bits per heavy atom. The lowest BCUT2D eigenvalue weighted by atomic mass is 9.99. The fourth-order valence-electron chi connectivity index (χ4n) is 3.32. The van der Waals surface area contributed by atoms with E-state index in [2.05, 4.69) is 19.4 Å². The van der Waals surface area contributed by atoms with Crippen LogP contribution in [0.2, 0.25) is 0 Å². The van der Waals surface area contributed by atoms with Gasteiger partial charge in [-0.15, -0.1) is 0 Å². The van der Waals surface area contributed by atoms with E-state index in [0.717, 1.165) is 24.6 Å². The third-order valence-corrected chi connectivity index (χ3v) is 7.43. The number of carbonyl (C=O) groups is 2. The van der Waals surface area contributed by atoms with E-state index in [1.54, 1.807) is 12.1 Å². The Labute approximate surface area is 166 Å². The van der Waals surface area contributed by atoms with Crippen LogP contribution in [0, 0.1) is 5.92 Å². The number of nitrogens with zero attached hydrogens (tertiary/aromatic N) is 3. The summed E-state index contributed by atoms with van der Waals surface area (Å²) in [5, 5.41) is 5.44. The molecule has 2 N–H and O–H groups in total. The van der Waals surface area contributed by atoms with E-state index < -0.39 is 15.9 Å². The van der Waals surface area contributed by atoms with Crippen molar-refractivity contribution in [2.24, 2.45) is 5.92 Å². The summed E-state index contributed by atoms with van der Waals surface area (Å²) in [7, 11) is -3.79. The molecule has 0 radical (unpaired) electrons. The van der Waals surface area contributed by atoms with E-state index in [-0.39, 0.29) is 35.8 Å². The lowest BCUT2D eigenvalue weighted by Crippen LogP contribution is -2.47. The van der Waals surface area contributed by atoms with Crippen molar-refractivity contribution >= 4 is 44.6 Å². The molecule has 1 aliphatic carbocycles. The Hall–Kier alpha value is -2.11. The molecule has 2 aliphatic rings. The van der Waals surface area contributed by atoms with Gasteiger partial charge in [0.1, 0.15) is 15.9 Å². The van der Waals surface area contributed by atoms with Gasteiger partial charge in [0.15, 0.2) is 0 Å². The first-order chi connectivity index (χ1) is 13.4. The molecule has 1 saturated heterocycles.